The number of carboxylic acid groups (broad SMARTS) is 1. The molecule has 0 radical (unpaired) electrons. The zero-order valence-electron chi connectivity index (χ0n) is 18.9. The number of imidazole rings is 1. The summed E-state index contributed by atoms with van der Waals surface area (Å²) >= 11 is 0. The number of carbonyl (C=O) groups is 4. The van der Waals surface area contributed by atoms with Gasteiger partial charge in [0.1, 0.15) is 18.1 Å². The summed E-state index contributed by atoms with van der Waals surface area (Å²) in [6.07, 6.45) is 4.38. The van der Waals surface area contributed by atoms with Crippen LogP contribution in [0.1, 0.15) is 38.8 Å². The molecule has 13 nitrogen and oxygen atoms in total. The predicted molar refractivity (Wildman–Crippen MR) is 119 cm³/mol. The van der Waals surface area contributed by atoms with Crippen molar-refractivity contribution in [1.29, 1.82) is 0 Å². The van der Waals surface area contributed by atoms with Crippen molar-refractivity contribution in [1.82, 2.24) is 25.9 Å². The maximum absolute atomic E-state index is 12.7. The normalized spacial score (nSPS) is 14.7. The van der Waals surface area contributed by atoms with Gasteiger partial charge in [0.15, 0.2) is 0 Å². The smallest absolute Gasteiger partial charge is 0.326 e. The SMILES string of the molecule is CC(C)C(NC(=O)C(CCCCN)NC(=O)C(CO)NC(=O)C(N)Cc1cnc[nH]1)C(=O)O. The molecule has 1 rings (SSSR count). The molecule has 3 amide bonds. The van der Waals surface area contributed by atoms with Crippen LogP contribution < -0.4 is 27.4 Å². The number of carboxylic acids is 1. The molecule has 0 aliphatic carbocycles. The molecule has 0 aliphatic rings. The Morgan fingerprint density at radius 1 is 1.06 bits per heavy atom. The van der Waals surface area contributed by atoms with E-state index < -0.39 is 54.5 Å². The third-order valence-electron chi connectivity index (χ3n) is 4.96. The fraction of sp³-hybridized carbons (Fsp3) is 0.650. The Bertz CT molecular complexity index is 771. The molecule has 4 atom stereocenters. The Morgan fingerprint density at radius 2 is 1.70 bits per heavy atom. The third kappa shape index (κ3) is 9.55. The highest BCUT2D eigenvalue weighted by molar-refractivity contribution is 5.94. The van der Waals surface area contributed by atoms with Crippen molar-refractivity contribution in [3.05, 3.63) is 18.2 Å². The first-order chi connectivity index (χ1) is 15.6. The summed E-state index contributed by atoms with van der Waals surface area (Å²) in [5.74, 6) is -3.73. The Hall–Kier alpha value is -3.03. The van der Waals surface area contributed by atoms with Crippen molar-refractivity contribution in [2.24, 2.45) is 17.4 Å². The van der Waals surface area contributed by atoms with Crippen LogP contribution in [-0.2, 0) is 25.6 Å². The largest absolute Gasteiger partial charge is 0.480 e. The molecule has 0 spiro atoms. The molecular formula is C20H35N7O6. The van der Waals surface area contributed by atoms with Crippen LogP contribution in [0.15, 0.2) is 12.5 Å². The van der Waals surface area contributed by atoms with Crippen molar-refractivity contribution in [3.63, 3.8) is 0 Å². The van der Waals surface area contributed by atoms with E-state index in [0.29, 0.717) is 25.1 Å². The van der Waals surface area contributed by atoms with E-state index >= 15 is 0 Å². The highest BCUT2D eigenvalue weighted by atomic mass is 16.4. The molecule has 1 aromatic heterocycles. The van der Waals surface area contributed by atoms with Gasteiger partial charge in [0, 0.05) is 18.3 Å². The van der Waals surface area contributed by atoms with Gasteiger partial charge in [0.25, 0.3) is 0 Å². The fourth-order valence-corrected chi connectivity index (χ4v) is 3.00. The number of amides is 3. The van der Waals surface area contributed by atoms with Crippen LogP contribution in [0.25, 0.3) is 0 Å². The van der Waals surface area contributed by atoms with Crippen LogP contribution in [0, 0.1) is 5.92 Å². The summed E-state index contributed by atoms with van der Waals surface area (Å²) in [6, 6.07) is -4.57. The minimum Gasteiger partial charge on any atom is -0.480 e. The first-order valence-electron chi connectivity index (χ1n) is 10.8. The lowest BCUT2D eigenvalue weighted by atomic mass is 10.0. The van der Waals surface area contributed by atoms with E-state index in [4.69, 9.17) is 11.5 Å². The molecule has 0 bridgehead atoms. The van der Waals surface area contributed by atoms with Gasteiger partial charge in [-0.2, -0.15) is 0 Å². The number of aliphatic hydroxyl groups excluding tert-OH is 1. The molecule has 0 aliphatic heterocycles. The van der Waals surface area contributed by atoms with Crippen LogP contribution >= 0.6 is 0 Å². The van der Waals surface area contributed by atoms with Gasteiger partial charge in [-0.1, -0.05) is 13.8 Å². The Morgan fingerprint density at radius 3 is 2.21 bits per heavy atom. The second-order valence-electron chi connectivity index (χ2n) is 8.05. The summed E-state index contributed by atoms with van der Waals surface area (Å²) in [6.45, 7) is 2.95. The highest BCUT2D eigenvalue weighted by Gasteiger charge is 2.31. The van der Waals surface area contributed by atoms with E-state index in [9.17, 15) is 29.4 Å². The fourth-order valence-electron chi connectivity index (χ4n) is 3.00. The number of carbonyl (C=O) groups excluding carboxylic acids is 3. The Balaban J connectivity index is 2.81. The average Bonchev–Trinajstić information content (AvgIpc) is 3.27. The number of nitrogens with zero attached hydrogens (tertiary/aromatic N) is 1. The van der Waals surface area contributed by atoms with Gasteiger partial charge in [-0.05, 0) is 31.7 Å². The van der Waals surface area contributed by atoms with E-state index in [1.165, 1.54) is 12.5 Å². The number of aliphatic carboxylic acids is 1. The lowest BCUT2D eigenvalue weighted by Crippen LogP contribution is -2.58. The zero-order chi connectivity index (χ0) is 25.0. The standard InChI is InChI=1S/C20H35N7O6/c1-11(2)16(20(32)33)27-18(30)14(5-3-4-6-21)25-19(31)15(9-28)26-17(29)13(22)7-12-8-23-10-24-12/h8,10-11,13-16,28H,3-7,9,21-22H2,1-2H3,(H,23,24)(H,25,31)(H,26,29)(H,27,30)(H,32,33). The van der Waals surface area contributed by atoms with Crippen LogP contribution in [0.4, 0.5) is 0 Å². The minimum atomic E-state index is -1.35. The molecule has 186 valence electrons. The number of aromatic amines is 1. The van der Waals surface area contributed by atoms with E-state index in [0.717, 1.165) is 0 Å². The first kappa shape index (κ1) is 28.0. The number of nitrogens with two attached hydrogens (primary N) is 2. The Labute approximate surface area is 192 Å². The van der Waals surface area contributed by atoms with Gasteiger partial charge in [-0.3, -0.25) is 14.4 Å². The maximum atomic E-state index is 12.7. The number of H-pyrrole nitrogens is 1. The van der Waals surface area contributed by atoms with Crippen LogP contribution in [0.3, 0.4) is 0 Å². The average molecular weight is 470 g/mol. The number of aromatic nitrogens is 2. The van der Waals surface area contributed by atoms with Crippen molar-refractivity contribution >= 4 is 23.7 Å². The first-order valence-corrected chi connectivity index (χ1v) is 10.8. The second-order valence-corrected chi connectivity index (χ2v) is 8.05. The van der Waals surface area contributed by atoms with Crippen molar-refractivity contribution in [2.75, 3.05) is 13.2 Å². The van der Waals surface area contributed by atoms with Gasteiger partial charge < -0.3 is 42.6 Å². The van der Waals surface area contributed by atoms with Crippen LogP contribution in [-0.4, -0.2) is 81.2 Å². The number of hydrogen-bond donors (Lipinski definition) is 8. The van der Waals surface area contributed by atoms with E-state index in [1.807, 2.05) is 0 Å². The quantitative estimate of drug-likeness (QED) is 0.128. The monoisotopic (exact) mass is 469 g/mol. The van der Waals surface area contributed by atoms with Crippen molar-refractivity contribution in [2.45, 2.75) is 63.7 Å². The van der Waals surface area contributed by atoms with Crippen LogP contribution in [0.5, 0.6) is 0 Å². The minimum absolute atomic E-state index is 0.140. The van der Waals surface area contributed by atoms with Gasteiger partial charge >= 0.3 is 5.97 Å². The molecule has 0 saturated carbocycles. The molecule has 1 heterocycles. The number of rotatable bonds is 15. The molecule has 0 fully saturated rings. The molecule has 10 N–H and O–H groups in total. The Kier molecular flexibility index (Phi) is 12.0. The van der Waals surface area contributed by atoms with E-state index in [2.05, 4.69) is 25.9 Å². The lowest BCUT2D eigenvalue weighted by Gasteiger charge is -2.25. The van der Waals surface area contributed by atoms with E-state index in [-0.39, 0.29) is 18.8 Å². The number of hydrogen-bond acceptors (Lipinski definition) is 8. The topological polar surface area (TPSA) is 226 Å². The number of unbranched alkanes of at least 4 members (excludes halogenated alkanes) is 1. The summed E-state index contributed by atoms with van der Waals surface area (Å²) in [4.78, 5) is 55.8. The molecule has 0 saturated heterocycles. The predicted octanol–water partition coefficient (Wildman–Crippen LogP) is -2.40. The van der Waals surface area contributed by atoms with Crippen LogP contribution in [0.2, 0.25) is 0 Å². The van der Waals surface area contributed by atoms with Gasteiger partial charge in [0.05, 0.1) is 19.0 Å². The molecule has 4 unspecified atom stereocenters. The second kappa shape index (κ2) is 14.2. The summed E-state index contributed by atoms with van der Waals surface area (Å²) < 4.78 is 0. The van der Waals surface area contributed by atoms with Gasteiger partial charge in [0.2, 0.25) is 17.7 Å². The molecule has 0 aromatic carbocycles. The number of aliphatic hydroxyl groups is 1. The highest BCUT2D eigenvalue weighted by Crippen LogP contribution is 2.06. The van der Waals surface area contributed by atoms with Gasteiger partial charge in [-0.25, -0.2) is 9.78 Å². The third-order valence-corrected chi connectivity index (χ3v) is 4.96. The molecular weight excluding hydrogens is 434 g/mol. The van der Waals surface area contributed by atoms with Crippen molar-refractivity contribution < 1.29 is 29.4 Å². The summed E-state index contributed by atoms with van der Waals surface area (Å²) in [5.41, 5.74) is 12.0. The number of nitrogens with one attached hydrogen (secondary N) is 4. The molecule has 1 aromatic rings. The molecule has 13 heteroatoms. The lowest BCUT2D eigenvalue weighted by molar-refractivity contribution is -0.143. The van der Waals surface area contributed by atoms with E-state index in [1.54, 1.807) is 13.8 Å². The van der Waals surface area contributed by atoms with Crippen molar-refractivity contribution in [3.8, 4) is 0 Å². The maximum Gasteiger partial charge on any atom is 0.326 e. The molecule has 33 heavy (non-hydrogen) atoms. The summed E-state index contributed by atoms with van der Waals surface area (Å²) in [7, 11) is 0. The van der Waals surface area contributed by atoms with Gasteiger partial charge in [-0.15, -0.1) is 0 Å². The summed E-state index contributed by atoms with van der Waals surface area (Å²) in [5, 5.41) is 26.2. The zero-order valence-corrected chi connectivity index (χ0v) is 18.9.